The summed E-state index contributed by atoms with van der Waals surface area (Å²) in [4.78, 5) is 19.2. The van der Waals surface area contributed by atoms with Crippen LogP contribution >= 0.6 is 0 Å². The molecule has 0 saturated carbocycles. The zero-order valence-corrected chi connectivity index (χ0v) is 16.0. The second-order valence-corrected chi connectivity index (χ2v) is 6.93. The summed E-state index contributed by atoms with van der Waals surface area (Å²) in [6, 6.07) is -0.0456. The Morgan fingerprint density at radius 3 is 2.60 bits per heavy atom. The van der Waals surface area contributed by atoms with E-state index in [2.05, 4.69) is 23.4 Å². The number of imidazole rings is 1. The molecule has 1 aliphatic rings. The fourth-order valence-electron chi connectivity index (χ4n) is 3.39. The van der Waals surface area contributed by atoms with Gasteiger partial charge in [-0.2, -0.15) is 0 Å². The number of ether oxygens (including phenoxy) is 3. The van der Waals surface area contributed by atoms with Crippen molar-refractivity contribution in [1.82, 2.24) is 14.5 Å². The minimum Gasteiger partial charge on any atom is -0.383 e. The molecule has 0 bridgehead atoms. The van der Waals surface area contributed by atoms with Crippen molar-refractivity contribution >= 4 is 5.91 Å². The van der Waals surface area contributed by atoms with Crippen molar-refractivity contribution in [3.05, 3.63) is 18.2 Å². The fourth-order valence-corrected chi connectivity index (χ4v) is 3.39. The molecule has 1 saturated heterocycles. The molecule has 0 spiro atoms. The number of amides is 1. The van der Waals surface area contributed by atoms with E-state index in [9.17, 15) is 4.79 Å². The van der Waals surface area contributed by atoms with Crippen LogP contribution in [0.5, 0.6) is 0 Å². The summed E-state index contributed by atoms with van der Waals surface area (Å²) in [6.07, 6.45) is 3.47. The summed E-state index contributed by atoms with van der Waals surface area (Å²) in [5, 5.41) is 0. The third-order valence-corrected chi connectivity index (χ3v) is 4.53. The summed E-state index contributed by atoms with van der Waals surface area (Å²) in [7, 11) is 1.68. The zero-order valence-electron chi connectivity index (χ0n) is 16.0. The minimum absolute atomic E-state index is 0.0153. The van der Waals surface area contributed by atoms with Gasteiger partial charge < -0.3 is 23.7 Å². The number of aromatic nitrogens is 2. The zero-order chi connectivity index (χ0) is 18.4. The predicted octanol–water partition coefficient (Wildman–Crippen LogP) is 2.23. The highest BCUT2D eigenvalue weighted by atomic mass is 16.7. The molecule has 1 aromatic heterocycles. The van der Waals surface area contributed by atoms with Crippen molar-refractivity contribution < 1.29 is 19.0 Å². The van der Waals surface area contributed by atoms with E-state index in [0.717, 1.165) is 12.4 Å². The molecule has 2 heterocycles. The maximum absolute atomic E-state index is 12.8. The van der Waals surface area contributed by atoms with Crippen molar-refractivity contribution in [2.45, 2.75) is 53.0 Å². The lowest BCUT2D eigenvalue weighted by molar-refractivity contribution is -0.174. The van der Waals surface area contributed by atoms with E-state index in [1.54, 1.807) is 13.3 Å². The molecule has 7 heteroatoms. The molecule has 0 aliphatic carbocycles. The van der Waals surface area contributed by atoms with Gasteiger partial charge in [-0.3, -0.25) is 4.79 Å². The Bertz CT molecular complexity index is 552. The summed E-state index contributed by atoms with van der Waals surface area (Å²) < 4.78 is 18.3. The van der Waals surface area contributed by atoms with E-state index >= 15 is 0 Å². The lowest BCUT2D eigenvalue weighted by atomic mass is 9.74. The SMILES string of the molecule is CCOC(CC(=O)N1CC(C)(C)C1c1nccn1CCOC)OCC. The largest absolute Gasteiger partial charge is 0.383 e. The number of hydrogen-bond donors (Lipinski definition) is 0. The first kappa shape index (κ1) is 19.9. The number of carbonyl (C=O) groups is 1. The first-order valence-corrected chi connectivity index (χ1v) is 8.97. The number of nitrogens with zero attached hydrogens (tertiary/aromatic N) is 3. The molecular formula is C18H31N3O4. The van der Waals surface area contributed by atoms with Crippen LogP contribution in [0.3, 0.4) is 0 Å². The Hall–Kier alpha value is -1.44. The van der Waals surface area contributed by atoms with Gasteiger partial charge in [-0.15, -0.1) is 0 Å². The highest BCUT2D eigenvalue weighted by Gasteiger charge is 2.51. The first-order chi connectivity index (χ1) is 11.9. The van der Waals surface area contributed by atoms with Crippen molar-refractivity contribution in [3.63, 3.8) is 0 Å². The second-order valence-electron chi connectivity index (χ2n) is 6.93. The van der Waals surface area contributed by atoms with Gasteiger partial charge in [-0.1, -0.05) is 13.8 Å². The second kappa shape index (κ2) is 8.78. The number of likely N-dealkylation sites (tertiary alicyclic amines) is 1. The summed E-state index contributed by atoms with van der Waals surface area (Å²) in [5.41, 5.74) is -0.0153. The normalized spacial score (nSPS) is 19.3. The molecule has 7 nitrogen and oxygen atoms in total. The standard InChI is InChI=1S/C18H31N3O4/c1-6-24-15(25-7-2)12-14(22)21-13-18(3,4)16(21)17-19-8-9-20(17)10-11-23-5/h8-9,15-16H,6-7,10-13H2,1-5H3. The third-order valence-electron chi connectivity index (χ3n) is 4.53. The Labute approximate surface area is 150 Å². The van der Waals surface area contributed by atoms with Crippen molar-refractivity contribution in [2.24, 2.45) is 5.41 Å². The van der Waals surface area contributed by atoms with Crippen LogP contribution in [0.25, 0.3) is 0 Å². The summed E-state index contributed by atoms with van der Waals surface area (Å²) >= 11 is 0. The van der Waals surface area contributed by atoms with Gasteiger partial charge in [0.2, 0.25) is 5.91 Å². The summed E-state index contributed by atoms with van der Waals surface area (Å²) in [5.74, 6) is 0.948. The Balaban J connectivity index is 2.11. The number of carbonyl (C=O) groups excluding carboxylic acids is 1. The molecular weight excluding hydrogens is 322 g/mol. The first-order valence-electron chi connectivity index (χ1n) is 8.97. The molecule has 1 atom stereocenters. The molecule has 1 amide bonds. The Kier molecular flexibility index (Phi) is 6.98. The fraction of sp³-hybridized carbons (Fsp3) is 0.778. The van der Waals surface area contributed by atoms with Crippen LogP contribution in [-0.2, 0) is 25.5 Å². The minimum atomic E-state index is -0.486. The molecule has 1 aliphatic heterocycles. The van der Waals surface area contributed by atoms with Crippen LogP contribution in [0.2, 0.25) is 0 Å². The average Bonchev–Trinajstić information content (AvgIpc) is 2.98. The van der Waals surface area contributed by atoms with Crippen molar-refractivity contribution in [2.75, 3.05) is 33.5 Å². The van der Waals surface area contributed by atoms with Crippen LogP contribution in [0.15, 0.2) is 12.4 Å². The summed E-state index contributed by atoms with van der Waals surface area (Å²) in [6.45, 7) is 11.2. The van der Waals surface area contributed by atoms with Crippen LogP contribution < -0.4 is 0 Å². The predicted molar refractivity (Wildman–Crippen MR) is 94.0 cm³/mol. The highest BCUT2D eigenvalue weighted by molar-refractivity contribution is 5.78. The quantitative estimate of drug-likeness (QED) is 0.604. The third kappa shape index (κ3) is 4.59. The molecule has 2 rings (SSSR count). The topological polar surface area (TPSA) is 65.8 Å². The molecule has 0 radical (unpaired) electrons. The van der Waals surface area contributed by atoms with Gasteiger partial charge in [0.1, 0.15) is 5.82 Å². The number of hydrogen-bond acceptors (Lipinski definition) is 5. The van der Waals surface area contributed by atoms with Crippen LogP contribution in [0.4, 0.5) is 0 Å². The van der Waals surface area contributed by atoms with Crippen molar-refractivity contribution in [1.29, 1.82) is 0 Å². The molecule has 1 fully saturated rings. The molecule has 142 valence electrons. The van der Waals surface area contributed by atoms with Crippen LogP contribution in [0.1, 0.15) is 46.0 Å². The van der Waals surface area contributed by atoms with Gasteiger partial charge in [0.25, 0.3) is 0 Å². The Morgan fingerprint density at radius 1 is 1.36 bits per heavy atom. The van der Waals surface area contributed by atoms with Gasteiger partial charge in [0.15, 0.2) is 6.29 Å². The average molecular weight is 353 g/mol. The maximum Gasteiger partial charge on any atom is 0.228 e. The highest BCUT2D eigenvalue weighted by Crippen LogP contribution is 2.48. The molecule has 0 aromatic carbocycles. The van der Waals surface area contributed by atoms with Gasteiger partial charge in [0, 0.05) is 51.2 Å². The number of methoxy groups -OCH3 is 1. The monoisotopic (exact) mass is 353 g/mol. The van der Waals surface area contributed by atoms with E-state index in [0.29, 0.717) is 26.4 Å². The molecule has 1 aromatic rings. The van der Waals surface area contributed by atoms with Crippen molar-refractivity contribution in [3.8, 4) is 0 Å². The number of rotatable bonds is 10. The molecule has 1 unspecified atom stereocenters. The van der Waals surface area contributed by atoms with E-state index in [4.69, 9.17) is 14.2 Å². The smallest absolute Gasteiger partial charge is 0.228 e. The lowest BCUT2D eigenvalue weighted by Crippen LogP contribution is -2.59. The maximum atomic E-state index is 12.8. The van der Waals surface area contributed by atoms with E-state index in [1.807, 2.05) is 24.9 Å². The van der Waals surface area contributed by atoms with E-state index in [-0.39, 0.29) is 23.8 Å². The van der Waals surface area contributed by atoms with Crippen LogP contribution in [0, 0.1) is 5.41 Å². The lowest BCUT2D eigenvalue weighted by Gasteiger charge is -2.54. The van der Waals surface area contributed by atoms with Gasteiger partial charge in [0.05, 0.1) is 19.1 Å². The van der Waals surface area contributed by atoms with Crippen LogP contribution in [-0.4, -0.2) is 60.1 Å². The van der Waals surface area contributed by atoms with Gasteiger partial charge in [-0.05, 0) is 13.8 Å². The molecule has 25 heavy (non-hydrogen) atoms. The Morgan fingerprint density at radius 2 is 2.04 bits per heavy atom. The van der Waals surface area contributed by atoms with Gasteiger partial charge in [-0.25, -0.2) is 4.98 Å². The van der Waals surface area contributed by atoms with E-state index in [1.165, 1.54) is 0 Å². The van der Waals surface area contributed by atoms with Gasteiger partial charge >= 0.3 is 0 Å². The van der Waals surface area contributed by atoms with E-state index < -0.39 is 6.29 Å². The molecule has 0 N–H and O–H groups in total.